The van der Waals surface area contributed by atoms with Crippen molar-refractivity contribution in [1.82, 2.24) is 4.90 Å². The molecule has 0 aliphatic rings. The SMILES string of the molecule is Cc1oc(NC(=O)CN(C)C(C)c2ccc(F)c(F)c2)c(C#N)c1C. The minimum absolute atomic E-state index is 0.0101. The van der Waals surface area contributed by atoms with Gasteiger partial charge in [-0.25, -0.2) is 8.78 Å². The number of benzene rings is 1. The summed E-state index contributed by atoms with van der Waals surface area (Å²) >= 11 is 0. The summed E-state index contributed by atoms with van der Waals surface area (Å²) in [5.74, 6) is -1.53. The Labute approximate surface area is 144 Å². The number of carbonyl (C=O) groups is 1. The molecule has 1 N–H and O–H groups in total. The summed E-state index contributed by atoms with van der Waals surface area (Å²) in [5, 5.41) is 11.7. The van der Waals surface area contributed by atoms with E-state index in [1.807, 2.05) is 6.07 Å². The topological polar surface area (TPSA) is 69.3 Å². The van der Waals surface area contributed by atoms with Crippen molar-refractivity contribution in [2.45, 2.75) is 26.8 Å². The van der Waals surface area contributed by atoms with E-state index in [1.165, 1.54) is 6.07 Å². The normalized spacial score (nSPS) is 12.1. The third kappa shape index (κ3) is 4.03. The van der Waals surface area contributed by atoms with Crippen molar-refractivity contribution >= 4 is 11.8 Å². The van der Waals surface area contributed by atoms with Crippen LogP contribution in [-0.4, -0.2) is 24.4 Å². The molecule has 1 amide bonds. The van der Waals surface area contributed by atoms with Gasteiger partial charge in [-0.15, -0.1) is 0 Å². The van der Waals surface area contributed by atoms with Crippen LogP contribution in [0.5, 0.6) is 0 Å². The molecule has 0 spiro atoms. The van der Waals surface area contributed by atoms with E-state index in [0.717, 1.165) is 12.1 Å². The molecule has 1 unspecified atom stereocenters. The minimum Gasteiger partial charge on any atom is -0.444 e. The van der Waals surface area contributed by atoms with Crippen LogP contribution in [0.4, 0.5) is 14.7 Å². The third-order valence-corrected chi connectivity index (χ3v) is 4.23. The second kappa shape index (κ2) is 7.45. The van der Waals surface area contributed by atoms with E-state index in [4.69, 9.17) is 9.68 Å². The highest BCUT2D eigenvalue weighted by Crippen LogP contribution is 2.25. The van der Waals surface area contributed by atoms with Crippen LogP contribution in [0.3, 0.4) is 0 Å². The van der Waals surface area contributed by atoms with Gasteiger partial charge in [0.2, 0.25) is 11.8 Å². The van der Waals surface area contributed by atoms with Gasteiger partial charge in [-0.3, -0.25) is 15.0 Å². The molecule has 1 aromatic carbocycles. The molecular weight excluding hydrogens is 328 g/mol. The average Bonchev–Trinajstić information content (AvgIpc) is 2.82. The van der Waals surface area contributed by atoms with Gasteiger partial charge in [0.1, 0.15) is 17.4 Å². The molecule has 0 bridgehead atoms. The predicted molar refractivity (Wildman–Crippen MR) is 88.9 cm³/mol. The van der Waals surface area contributed by atoms with Crippen LogP contribution >= 0.6 is 0 Å². The van der Waals surface area contributed by atoms with Crippen molar-refractivity contribution in [3.8, 4) is 6.07 Å². The molecule has 0 radical (unpaired) electrons. The average molecular weight is 347 g/mol. The highest BCUT2D eigenvalue weighted by atomic mass is 19.2. The van der Waals surface area contributed by atoms with E-state index >= 15 is 0 Å². The van der Waals surface area contributed by atoms with Gasteiger partial charge < -0.3 is 4.42 Å². The zero-order valence-corrected chi connectivity index (χ0v) is 14.5. The Bertz CT molecular complexity index is 840. The van der Waals surface area contributed by atoms with E-state index in [-0.39, 0.29) is 24.4 Å². The number of furan rings is 1. The number of carbonyl (C=O) groups excluding carboxylic acids is 1. The van der Waals surface area contributed by atoms with Crippen LogP contribution in [0.15, 0.2) is 22.6 Å². The van der Waals surface area contributed by atoms with Crippen LogP contribution in [0.1, 0.15) is 35.4 Å². The number of hydrogen-bond acceptors (Lipinski definition) is 4. The number of nitriles is 1. The maximum atomic E-state index is 13.4. The molecule has 1 aromatic heterocycles. The van der Waals surface area contributed by atoms with Crippen molar-refractivity contribution in [1.29, 1.82) is 5.26 Å². The summed E-state index contributed by atoms with van der Waals surface area (Å²) < 4.78 is 31.8. The van der Waals surface area contributed by atoms with Gasteiger partial charge in [0, 0.05) is 11.6 Å². The van der Waals surface area contributed by atoms with E-state index in [0.29, 0.717) is 22.5 Å². The number of anilines is 1. The summed E-state index contributed by atoms with van der Waals surface area (Å²) in [6, 6.07) is 5.34. The molecule has 2 aromatic rings. The molecule has 1 heterocycles. The van der Waals surface area contributed by atoms with Crippen LogP contribution in [0.25, 0.3) is 0 Å². The van der Waals surface area contributed by atoms with E-state index in [1.54, 1.807) is 32.7 Å². The molecule has 25 heavy (non-hydrogen) atoms. The molecule has 5 nitrogen and oxygen atoms in total. The van der Waals surface area contributed by atoms with Crippen LogP contribution in [0, 0.1) is 36.8 Å². The first-order chi connectivity index (χ1) is 11.7. The van der Waals surface area contributed by atoms with Crippen molar-refractivity contribution in [3.63, 3.8) is 0 Å². The number of amides is 1. The summed E-state index contributed by atoms with van der Waals surface area (Å²) in [5.41, 5.74) is 1.53. The van der Waals surface area contributed by atoms with E-state index in [9.17, 15) is 13.6 Å². The lowest BCUT2D eigenvalue weighted by molar-refractivity contribution is -0.117. The fraction of sp³-hybridized carbons (Fsp3) is 0.333. The summed E-state index contributed by atoms with van der Waals surface area (Å²) in [4.78, 5) is 13.9. The smallest absolute Gasteiger partial charge is 0.240 e. The molecule has 0 aliphatic carbocycles. The number of hydrogen-bond donors (Lipinski definition) is 1. The van der Waals surface area contributed by atoms with Crippen molar-refractivity contribution in [2.75, 3.05) is 18.9 Å². The fourth-order valence-corrected chi connectivity index (χ4v) is 2.41. The Morgan fingerprint density at radius 1 is 1.36 bits per heavy atom. The Morgan fingerprint density at radius 2 is 2.04 bits per heavy atom. The maximum Gasteiger partial charge on any atom is 0.240 e. The second-order valence-electron chi connectivity index (χ2n) is 5.91. The second-order valence-corrected chi connectivity index (χ2v) is 5.91. The lowest BCUT2D eigenvalue weighted by Crippen LogP contribution is -2.32. The Morgan fingerprint density at radius 3 is 2.64 bits per heavy atom. The van der Waals surface area contributed by atoms with Gasteiger partial charge in [0.05, 0.1) is 6.54 Å². The zero-order valence-electron chi connectivity index (χ0n) is 14.5. The van der Waals surface area contributed by atoms with Gasteiger partial charge in [-0.1, -0.05) is 6.07 Å². The number of aryl methyl sites for hydroxylation is 1. The lowest BCUT2D eigenvalue weighted by Gasteiger charge is -2.24. The highest BCUT2D eigenvalue weighted by Gasteiger charge is 2.20. The number of rotatable bonds is 5. The zero-order chi connectivity index (χ0) is 18.7. The standard InChI is InChI=1S/C18H19F2N3O2/c1-10-12(3)25-18(14(10)8-21)22-17(24)9-23(4)11(2)13-5-6-15(19)16(20)7-13/h5-7,11H,9H2,1-4H3,(H,22,24). The first kappa shape index (κ1) is 18.6. The molecule has 2 rings (SSSR count). The monoisotopic (exact) mass is 347 g/mol. The molecular formula is C18H19F2N3O2. The van der Waals surface area contributed by atoms with Crippen LogP contribution in [-0.2, 0) is 4.79 Å². The summed E-state index contributed by atoms with van der Waals surface area (Å²) in [6.45, 7) is 5.22. The fourth-order valence-electron chi connectivity index (χ4n) is 2.41. The molecule has 7 heteroatoms. The van der Waals surface area contributed by atoms with Crippen LogP contribution < -0.4 is 5.32 Å². The quantitative estimate of drug-likeness (QED) is 0.896. The first-order valence-electron chi connectivity index (χ1n) is 7.69. The van der Waals surface area contributed by atoms with E-state index < -0.39 is 11.6 Å². The van der Waals surface area contributed by atoms with Gasteiger partial charge in [0.25, 0.3) is 0 Å². The maximum absolute atomic E-state index is 13.4. The van der Waals surface area contributed by atoms with Crippen molar-refractivity contribution < 1.29 is 18.0 Å². The molecule has 0 fully saturated rings. The molecule has 0 saturated heterocycles. The molecule has 0 aliphatic heterocycles. The predicted octanol–water partition coefficient (Wildman–Crippen LogP) is 3.68. The number of nitrogens with one attached hydrogen (secondary N) is 1. The third-order valence-electron chi connectivity index (χ3n) is 4.23. The Kier molecular flexibility index (Phi) is 5.55. The van der Waals surface area contributed by atoms with Gasteiger partial charge >= 0.3 is 0 Å². The van der Waals surface area contributed by atoms with Gasteiger partial charge in [0.15, 0.2) is 11.6 Å². The molecule has 1 atom stereocenters. The van der Waals surface area contributed by atoms with Crippen molar-refractivity contribution in [2.24, 2.45) is 0 Å². The number of likely N-dealkylation sites (N-methyl/N-ethyl adjacent to an activating group) is 1. The Balaban J connectivity index is 2.06. The molecule has 0 saturated carbocycles. The summed E-state index contributed by atoms with van der Waals surface area (Å²) in [6.07, 6.45) is 0. The highest BCUT2D eigenvalue weighted by molar-refractivity contribution is 5.92. The lowest BCUT2D eigenvalue weighted by atomic mass is 10.1. The van der Waals surface area contributed by atoms with Crippen LogP contribution in [0.2, 0.25) is 0 Å². The Hall–Kier alpha value is -2.72. The number of nitrogens with zero attached hydrogens (tertiary/aromatic N) is 2. The first-order valence-corrected chi connectivity index (χ1v) is 7.69. The minimum atomic E-state index is -0.928. The number of halogens is 2. The van der Waals surface area contributed by atoms with Crippen molar-refractivity contribution in [3.05, 3.63) is 52.3 Å². The summed E-state index contributed by atoms with van der Waals surface area (Å²) in [7, 11) is 1.69. The molecule has 132 valence electrons. The van der Waals surface area contributed by atoms with Gasteiger partial charge in [-0.2, -0.15) is 5.26 Å². The largest absolute Gasteiger partial charge is 0.444 e. The van der Waals surface area contributed by atoms with E-state index in [2.05, 4.69) is 5.32 Å². The van der Waals surface area contributed by atoms with Gasteiger partial charge in [-0.05, 0) is 45.5 Å².